The summed E-state index contributed by atoms with van der Waals surface area (Å²) in [5, 5.41) is 9.85. The molecule has 2 aromatic heterocycles. The molecule has 2 rings (SSSR count). The number of H-pyrrole nitrogens is 1. The average Bonchev–Trinajstić information content (AvgIpc) is 2.85. The first-order chi connectivity index (χ1) is 8.46. The van der Waals surface area contributed by atoms with Crippen molar-refractivity contribution in [2.45, 2.75) is 19.2 Å². The number of nitrogens with two attached hydrogens (primary N) is 1. The number of nitrogens with zero attached hydrogens (tertiary/aromatic N) is 2. The first kappa shape index (κ1) is 12.6. The molecular weight excluding hydrogens is 258 g/mol. The molecule has 0 aliphatic rings. The Bertz CT molecular complexity index is 630. The molecule has 98 valence electrons. The highest BCUT2D eigenvalue weighted by Gasteiger charge is 2.15. The van der Waals surface area contributed by atoms with Crippen molar-refractivity contribution in [3.63, 3.8) is 0 Å². The van der Waals surface area contributed by atoms with Gasteiger partial charge in [0.25, 0.3) is 0 Å². The summed E-state index contributed by atoms with van der Waals surface area (Å²) in [5.74, 6) is 0.677. The van der Waals surface area contributed by atoms with Crippen LogP contribution >= 0.6 is 0 Å². The minimum Gasteiger partial charge on any atom is -0.384 e. The third-order valence-corrected chi connectivity index (χ3v) is 3.51. The van der Waals surface area contributed by atoms with E-state index in [1.165, 1.54) is 6.20 Å². The maximum atomic E-state index is 11.8. The van der Waals surface area contributed by atoms with Gasteiger partial charge in [0.05, 0.1) is 6.20 Å². The minimum absolute atomic E-state index is 0.0848. The molecule has 0 radical (unpaired) electrons. The van der Waals surface area contributed by atoms with E-state index < -0.39 is 10.0 Å². The van der Waals surface area contributed by atoms with Crippen LogP contribution in [0.3, 0.4) is 0 Å². The molecule has 9 heteroatoms. The molecule has 0 aliphatic carbocycles. The number of aryl methyl sites for hydroxylation is 1. The third kappa shape index (κ3) is 3.08. The molecule has 8 nitrogen and oxygen atoms in total. The van der Waals surface area contributed by atoms with Crippen LogP contribution in [-0.2, 0) is 22.3 Å². The van der Waals surface area contributed by atoms with E-state index >= 15 is 0 Å². The van der Waals surface area contributed by atoms with Crippen molar-refractivity contribution < 1.29 is 12.9 Å². The Morgan fingerprint density at radius 1 is 1.56 bits per heavy atom. The Hall–Kier alpha value is -1.87. The summed E-state index contributed by atoms with van der Waals surface area (Å²) in [6.45, 7) is 1.78. The standard InChI is InChI=1S/C9H13N5O3S/c1-6-2-8(14-17-6)5-18(15,16)12-4-7-3-11-13-9(7)10/h2-3,12H,4-5H2,1H3,(H3,10,11,13). The quantitative estimate of drug-likeness (QED) is 0.697. The number of aromatic nitrogens is 3. The molecule has 0 aromatic carbocycles. The van der Waals surface area contributed by atoms with Gasteiger partial charge in [-0.15, -0.1) is 0 Å². The van der Waals surface area contributed by atoms with Gasteiger partial charge in [-0.2, -0.15) is 5.10 Å². The van der Waals surface area contributed by atoms with Crippen LogP contribution in [0.5, 0.6) is 0 Å². The van der Waals surface area contributed by atoms with E-state index in [9.17, 15) is 8.42 Å². The van der Waals surface area contributed by atoms with E-state index in [0.29, 0.717) is 22.8 Å². The normalized spacial score (nSPS) is 11.8. The second-order valence-electron chi connectivity index (χ2n) is 3.82. The molecule has 2 aromatic rings. The van der Waals surface area contributed by atoms with E-state index in [0.717, 1.165) is 0 Å². The Kier molecular flexibility index (Phi) is 3.34. The van der Waals surface area contributed by atoms with Gasteiger partial charge >= 0.3 is 0 Å². The molecule has 0 unspecified atom stereocenters. The number of rotatable bonds is 5. The lowest BCUT2D eigenvalue weighted by molar-refractivity contribution is 0.392. The fourth-order valence-corrected chi connectivity index (χ4v) is 2.38. The lowest BCUT2D eigenvalue weighted by Crippen LogP contribution is -2.25. The van der Waals surface area contributed by atoms with Crippen LogP contribution in [0.4, 0.5) is 5.82 Å². The lowest BCUT2D eigenvalue weighted by atomic mass is 10.3. The maximum absolute atomic E-state index is 11.8. The van der Waals surface area contributed by atoms with Crippen molar-refractivity contribution in [1.82, 2.24) is 20.1 Å². The predicted octanol–water partition coefficient (Wildman–Crippen LogP) is -0.0921. The van der Waals surface area contributed by atoms with Crippen LogP contribution in [0.15, 0.2) is 16.8 Å². The smallest absolute Gasteiger partial charge is 0.217 e. The molecule has 18 heavy (non-hydrogen) atoms. The molecule has 0 atom stereocenters. The summed E-state index contributed by atoms with van der Waals surface area (Å²) in [5.41, 5.74) is 6.50. The maximum Gasteiger partial charge on any atom is 0.217 e. The van der Waals surface area contributed by atoms with E-state index in [2.05, 4.69) is 20.1 Å². The minimum atomic E-state index is -3.48. The van der Waals surface area contributed by atoms with Crippen molar-refractivity contribution in [1.29, 1.82) is 0 Å². The van der Waals surface area contributed by atoms with Gasteiger partial charge in [0, 0.05) is 18.2 Å². The highest BCUT2D eigenvalue weighted by atomic mass is 32.2. The number of hydrogen-bond acceptors (Lipinski definition) is 6. The zero-order chi connectivity index (χ0) is 13.2. The molecule has 2 heterocycles. The number of nitrogen functional groups attached to an aromatic ring is 1. The van der Waals surface area contributed by atoms with Gasteiger partial charge in [0.15, 0.2) is 0 Å². The molecule has 0 aliphatic heterocycles. The summed E-state index contributed by atoms with van der Waals surface area (Å²) < 4.78 is 30.7. The molecule has 4 N–H and O–H groups in total. The largest absolute Gasteiger partial charge is 0.384 e. The second-order valence-corrected chi connectivity index (χ2v) is 5.62. The number of hydrogen-bond donors (Lipinski definition) is 3. The Balaban J connectivity index is 1.98. The van der Waals surface area contributed by atoms with Gasteiger partial charge in [-0.05, 0) is 6.92 Å². The average molecular weight is 271 g/mol. The van der Waals surface area contributed by atoms with Crippen LogP contribution in [0.1, 0.15) is 17.0 Å². The predicted molar refractivity (Wildman–Crippen MR) is 63.7 cm³/mol. The van der Waals surface area contributed by atoms with Crippen LogP contribution < -0.4 is 10.5 Å². The van der Waals surface area contributed by atoms with Gasteiger partial charge in [-0.3, -0.25) is 5.10 Å². The van der Waals surface area contributed by atoms with Crippen molar-refractivity contribution in [2.75, 3.05) is 5.73 Å². The zero-order valence-corrected chi connectivity index (χ0v) is 10.5. The van der Waals surface area contributed by atoms with Crippen molar-refractivity contribution in [2.24, 2.45) is 0 Å². The van der Waals surface area contributed by atoms with E-state index in [1.807, 2.05) is 0 Å². The van der Waals surface area contributed by atoms with Gasteiger partial charge in [-0.1, -0.05) is 5.16 Å². The van der Waals surface area contributed by atoms with Gasteiger partial charge in [-0.25, -0.2) is 13.1 Å². The van der Waals surface area contributed by atoms with Crippen LogP contribution in [-0.4, -0.2) is 23.8 Å². The van der Waals surface area contributed by atoms with Crippen LogP contribution in [0, 0.1) is 6.92 Å². The van der Waals surface area contributed by atoms with Gasteiger partial charge in [0.1, 0.15) is 23.0 Å². The summed E-state index contributed by atoms with van der Waals surface area (Å²) in [7, 11) is -3.48. The molecule has 0 amide bonds. The fourth-order valence-electron chi connectivity index (χ4n) is 1.38. The molecule has 0 bridgehead atoms. The Labute approximate surface area is 104 Å². The highest BCUT2D eigenvalue weighted by molar-refractivity contribution is 7.88. The Morgan fingerprint density at radius 2 is 2.33 bits per heavy atom. The fraction of sp³-hybridized carbons (Fsp3) is 0.333. The summed E-state index contributed by atoms with van der Waals surface area (Å²) in [4.78, 5) is 0. The van der Waals surface area contributed by atoms with Crippen LogP contribution in [0.2, 0.25) is 0 Å². The number of anilines is 1. The first-order valence-corrected chi connectivity index (χ1v) is 6.79. The molecular formula is C9H13N5O3S. The lowest BCUT2D eigenvalue weighted by Gasteiger charge is -2.03. The van der Waals surface area contributed by atoms with Crippen molar-refractivity contribution >= 4 is 15.8 Å². The molecule has 0 saturated heterocycles. The summed E-state index contributed by atoms with van der Waals surface area (Å²) >= 11 is 0. The molecule has 0 fully saturated rings. The summed E-state index contributed by atoms with van der Waals surface area (Å²) in [6.07, 6.45) is 1.47. The van der Waals surface area contributed by atoms with E-state index in [4.69, 9.17) is 10.3 Å². The zero-order valence-electron chi connectivity index (χ0n) is 9.67. The monoisotopic (exact) mass is 271 g/mol. The van der Waals surface area contributed by atoms with Crippen molar-refractivity contribution in [3.8, 4) is 0 Å². The topological polar surface area (TPSA) is 127 Å². The SMILES string of the molecule is Cc1cc(CS(=O)(=O)NCc2cn[nH]c2N)no1. The summed E-state index contributed by atoms with van der Waals surface area (Å²) in [6, 6.07) is 1.57. The first-order valence-electron chi connectivity index (χ1n) is 5.13. The highest BCUT2D eigenvalue weighted by Crippen LogP contribution is 2.08. The van der Waals surface area contributed by atoms with E-state index in [1.54, 1.807) is 13.0 Å². The van der Waals surface area contributed by atoms with E-state index in [-0.39, 0.29) is 12.3 Å². The molecule has 0 saturated carbocycles. The third-order valence-electron chi connectivity index (χ3n) is 2.25. The molecule has 0 spiro atoms. The Morgan fingerprint density at radius 3 is 2.89 bits per heavy atom. The number of sulfonamides is 1. The van der Waals surface area contributed by atoms with Gasteiger partial charge < -0.3 is 10.3 Å². The second kappa shape index (κ2) is 4.78. The van der Waals surface area contributed by atoms with Crippen LogP contribution in [0.25, 0.3) is 0 Å². The van der Waals surface area contributed by atoms with Gasteiger partial charge in [0.2, 0.25) is 10.0 Å². The van der Waals surface area contributed by atoms with Crippen molar-refractivity contribution in [3.05, 3.63) is 29.3 Å². The number of nitrogens with one attached hydrogen (secondary N) is 2. The number of aromatic amines is 1.